The van der Waals surface area contributed by atoms with Crippen LogP contribution >= 0.6 is 11.3 Å². The van der Waals surface area contributed by atoms with E-state index in [4.69, 9.17) is 9.47 Å². The lowest BCUT2D eigenvalue weighted by Crippen LogP contribution is -2.50. The highest BCUT2D eigenvalue weighted by Crippen LogP contribution is 2.29. The first kappa shape index (κ1) is 22.4. The van der Waals surface area contributed by atoms with Crippen molar-refractivity contribution >= 4 is 23.3 Å². The number of likely N-dealkylation sites (tertiary alicyclic amines) is 1. The maximum absolute atomic E-state index is 13.5. The number of hydrogen-bond acceptors (Lipinski definition) is 6. The van der Waals surface area contributed by atoms with E-state index in [1.54, 1.807) is 16.2 Å². The van der Waals surface area contributed by atoms with Gasteiger partial charge in [0.15, 0.2) is 0 Å². The van der Waals surface area contributed by atoms with Crippen molar-refractivity contribution in [3.05, 3.63) is 16.8 Å². The monoisotopic (exact) mass is 449 g/mol. The molecule has 31 heavy (non-hydrogen) atoms. The van der Waals surface area contributed by atoms with Gasteiger partial charge in [-0.05, 0) is 51.5 Å². The first-order chi connectivity index (χ1) is 14.8. The highest BCUT2D eigenvalue weighted by molar-refractivity contribution is 7.08. The van der Waals surface area contributed by atoms with Crippen LogP contribution in [0.3, 0.4) is 0 Å². The van der Waals surface area contributed by atoms with E-state index < -0.39 is 17.7 Å². The minimum atomic E-state index is -0.608. The number of carbonyl (C=O) groups excluding carboxylic acids is 2. The number of ether oxygens (including phenoxy) is 2. The Morgan fingerprint density at radius 1 is 1.10 bits per heavy atom. The van der Waals surface area contributed by atoms with Crippen LogP contribution in [-0.2, 0) is 9.53 Å². The summed E-state index contributed by atoms with van der Waals surface area (Å²) in [5.74, 6) is 0.816. The molecule has 0 aromatic carbocycles. The van der Waals surface area contributed by atoms with Gasteiger partial charge in [-0.25, -0.2) is 4.79 Å². The summed E-state index contributed by atoms with van der Waals surface area (Å²) in [5.41, 5.74) is -0.608. The summed E-state index contributed by atoms with van der Waals surface area (Å²) in [7, 11) is 0. The predicted octanol–water partition coefficient (Wildman–Crippen LogP) is 3.59. The van der Waals surface area contributed by atoms with Crippen LogP contribution in [0.4, 0.5) is 4.79 Å². The third-order valence-electron chi connectivity index (χ3n) is 6.41. The van der Waals surface area contributed by atoms with Gasteiger partial charge in [0.25, 0.3) is 0 Å². The van der Waals surface area contributed by atoms with Crippen LogP contribution in [0.15, 0.2) is 16.8 Å². The van der Waals surface area contributed by atoms with Crippen LogP contribution in [0.1, 0.15) is 52.9 Å². The number of carbonyl (C=O) groups is 2. The molecule has 0 bridgehead atoms. The number of thiophene rings is 1. The molecule has 1 saturated carbocycles. The van der Waals surface area contributed by atoms with Gasteiger partial charge in [0, 0.05) is 44.0 Å². The zero-order valence-corrected chi connectivity index (χ0v) is 19.7. The highest BCUT2D eigenvalue weighted by Gasteiger charge is 2.44. The first-order valence-corrected chi connectivity index (χ1v) is 12.5. The SMILES string of the molecule is CC(C)(C)OC(=O)N1C[C@@H](Oc2ccsc2)C[C@@H]1C(=O)N1CCCN(C2CCC2)CC1. The van der Waals surface area contributed by atoms with E-state index in [9.17, 15) is 9.59 Å². The Morgan fingerprint density at radius 3 is 2.55 bits per heavy atom. The standard InChI is InChI=1S/C23H35N3O4S/c1-23(2,3)30-22(28)26-15-19(29-18-8-13-31-16-18)14-20(26)21(27)25-10-5-9-24(11-12-25)17-6-4-7-17/h8,13,16-17,19-20H,4-7,9-12,14-15H2,1-3H3/t19-,20+/m0/s1. The lowest BCUT2D eigenvalue weighted by Gasteiger charge is -2.37. The van der Waals surface area contributed by atoms with E-state index >= 15 is 0 Å². The zero-order valence-electron chi connectivity index (χ0n) is 18.9. The van der Waals surface area contributed by atoms with Crippen molar-refractivity contribution < 1.29 is 19.1 Å². The molecule has 3 heterocycles. The van der Waals surface area contributed by atoms with Gasteiger partial charge in [-0.15, -0.1) is 11.3 Å². The molecule has 1 aromatic heterocycles. The van der Waals surface area contributed by atoms with Gasteiger partial charge in [0.2, 0.25) is 5.91 Å². The molecule has 3 fully saturated rings. The first-order valence-electron chi connectivity index (χ1n) is 11.5. The topological polar surface area (TPSA) is 62.3 Å². The molecule has 7 nitrogen and oxygen atoms in total. The highest BCUT2D eigenvalue weighted by atomic mass is 32.1. The quantitative estimate of drug-likeness (QED) is 0.703. The van der Waals surface area contributed by atoms with Crippen LogP contribution in [0.5, 0.6) is 5.75 Å². The van der Waals surface area contributed by atoms with E-state index in [0.29, 0.717) is 19.0 Å². The molecule has 2 amide bonds. The fourth-order valence-electron chi connectivity index (χ4n) is 4.64. The minimum absolute atomic E-state index is 0.0257. The van der Waals surface area contributed by atoms with E-state index in [0.717, 1.165) is 38.3 Å². The Morgan fingerprint density at radius 2 is 1.90 bits per heavy atom. The Hall–Kier alpha value is -1.80. The second-order valence-electron chi connectivity index (χ2n) is 9.88. The van der Waals surface area contributed by atoms with Crippen molar-refractivity contribution in [1.82, 2.24) is 14.7 Å². The molecule has 0 unspecified atom stereocenters. The molecule has 2 aliphatic heterocycles. The van der Waals surface area contributed by atoms with E-state index in [2.05, 4.69) is 4.90 Å². The summed E-state index contributed by atoms with van der Waals surface area (Å²) in [4.78, 5) is 32.6. The summed E-state index contributed by atoms with van der Waals surface area (Å²) in [6, 6.07) is 2.08. The number of hydrogen-bond donors (Lipinski definition) is 0. The Bertz CT molecular complexity index is 759. The fraction of sp³-hybridized carbons (Fsp3) is 0.739. The maximum atomic E-state index is 13.5. The Balaban J connectivity index is 1.44. The molecule has 2 saturated heterocycles. The van der Waals surface area contributed by atoms with Gasteiger partial charge >= 0.3 is 6.09 Å². The molecule has 1 aromatic rings. The molecular weight excluding hydrogens is 414 g/mol. The number of rotatable bonds is 4. The summed E-state index contributed by atoms with van der Waals surface area (Å²) < 4.78 is 11.7. The van der Waals surface area contributed by atoms with Crippen molar-refractivity contribution in [2.45, 2.75) is 76.7 Å². The molecule has 0 radical (unpaired) electrons. The molecule has 0 N–H and O–H groups in total. The molecule has 172 valence electrons. The second kappa shape index (κ2) is 9.36. The summed E-state index contributed by atoms with van der Waals surface area (Å²) in [5, 5.41) is 3.90. The van der Waals surface area contributed by atoms with Gasteiger partial charge in [-0.3, -0.25) is 14.6 Å². The largest absolute Gasteiger partial charge is 0.488 e. The van der Waals surface area contributed by atoms with Gasteiger partial charge in [0.05, 0.1) is 6.54 Å². The van der Waals surface area contributed by atoms with Crippen molar-refractivity contribution in [3.63, 3.8) is 0 Å². The van der Waals surface area contributed by atoms with Crippen LogP contribution in [0, 0.1) is 0 Å². The molecular formula is C23H35N3O4S. The van der Waals surface area contributed by atoms with Crippen molar-refractivity contribution in [2.75, 3.05) is 32.7 Å². The average molecular weight is 450 g/mol. The molecule has 4 rings (SSSR count). The number of nitrogens with zero attached hydrogens (tertiary/aromatic N) is 3. The Kier molecular flexibility index (Phi) is 6.77. The van der Waals surface area contributed by atoms with Gasteiger partial charge in [-0.1, -0.05) is 6.42 Å². The minimum Gasteiger partial charge on any atom is -0.488 e. The summed E-state index contributed by atoms with van der Waals surface area (Å²) in [6.07, 6.45) is 4.72. The molecule has 8 heteroatoms. The van der Waals surface area contributed by atoms with E-state index in [1.807, 2.05) is 42.5 Å². The fourth-order valence-corrected chi connectivity index (χ4v) is 5.20. The summed E-state index contributed by atoms with van der Waals surface area (Å²) in [6.45, 7) is 9.36. The third kappa shape index (κ3) is 5.52. The lowest BCUT2D eigenvalue weighted by atomic mass is 9.91. The van der Waals surface area contributed by atoms with Crippen molar-refractivity contribution in [1.29, 1.82) is 0 Å². The number of amides is 2. The van der Waals surface area contributed by atoms with Gasteiger partial charge in [0.1, 0.15) is 23.5 Å². The predicted molar refractivity (Wildman–Crippen MR) is 120 cm³/mol. The normalized spacial score (nSPS) is 25.8. The van der Waals surface area contributed by atoms with E-state index in [-0.39, 0.29) is 12.0 Å². The summed E-state index contributed by atoms with van der Waals surface area (Å²) >= 11 is 1.57. The van der Waals surface area contributed by atoms with Crippen LogP contribution in [0.25, 0.3) is 0 Å². The second-order valence-corrected chi connectivity index (χ2v) is 10.7. The smallest absolute Gasteiger partial charge is 0.411 e. The molecule has 3 aliphatic rings. The van der Waals surface area contributed by atoms with Crippen molar-refractivity contribution in [3.8, 4) is 5.75 Å². The van der Waals surface area contributed by atoms with E-state index in [1.165, 1.54) is 19.3 Å². The molecule has 2 atom stereocenters. The average Bonchev–Trinajstić information content (AvgIpc) is 3.25. The maximum Gasteiger partial charge on any atom is 0.411 e. The molecule has 1 aliphatic carbocycles. The van der Waals surface area contributed by atoms with Crippen LogP contribution in [0.2, 0.25) is 0 Å². The van der Waals surface area contributed by atoms with Crippen molar-refractivity contribution in [2.24, 2.45) is 0 Å². The zero-order chi connectivity index (χ0) is 22.0. The van der Waals surface area contributed by atoms with Gasteiger partial charge in [-0.2, -0.15) is 0 Å². The third-order valence-corrected chi connectivity index (χ3v) is 7.07. The molecule has 0 spiro atoms. The Labute approximate surface area is 189 Å². The van der Waals surface area contributed by atoms with Crippen LogP contribution < -0.4 is 4.74 Å². The lowest BCUT2D eigenvalue weighted by molar-refractivity contribution is -0.135. The van der Waals surface area contributed by atoms with Crippen LogP contribution in [-0.4, -0.2) is 83.2 Å². The van der Waals surface area contributed by atoms with Gasteiger partial charge < -0.3 is 14.4 Å².